The molecule has 166 valence electrons. The molecular weight excluding hydrogens is 434 g/mol. The zero-order valence-electron chi connectivity index (χ0n) is 18.0. The van der Waals surface area contributed by atoms with E-state index in [0.29, 0.717) is 23.3 Å². The van der Waals surface area contributed by atoms with Crippen LogP contribution in [-0.2, 0) is 16.6 Å². The average Bonchev–Trinajstić information content (AvgIpc) is 2.82. The summed E-state index contributed by atoms with van der Waals surface area (Å²) in [6.45, 7) is 2.61. The van der Waals surface area contributed by atoms with Crippen molar-refractivity contribution >= 4 is 21.6 Å². The number of aromatic nitrogens is 1. The number of aryl methyl sites for hydroxylation is 1. The van der Waals surface area contributed by atoms with Crippen LogP contribution in [0.4, 0.5) is 5.69 Å². The molecule has 4 aromatic rings. The van der Waals surface area contributed by atoms with Crippen molar-refractivity contribution in [1.82, 2.24) is 4.57 Å². The van der Waals surface area contributed by atoms with Crippen LogP contribution in [0.1, 0.15) is 21.5 Å². The summed E-state index contributed by atoms with van der Waals surface area (Å²) in [5.74, 6) is -0.446. The Kier molecular flexibility index (Phi) is 6.51. The molecule has 0 aliphatic rings. The van der Waals surface area contributed by atoms with Crippen LogP contribution in [-0.4, -0.2) is 18.9 Å². The zero-order valence-corrected chi connectivity index (χ0v) is 18.9. The molecule has 3 aromatic carbocycles. The first-order chi connectivity index (χ1) is 15.9. The molecular formula is C26H23N3O3S. The summed E-state index contributed by atoms with van der Waals surface area (Å²) >= 11 is 0. The maximum absolute atomic E-state index is 12.8. The van der Waals surface area contributed by atoms with E-state index in [1.165, 1.54) is 29.8 Å². The Hall–Kier alpha value is -3.97. The molecule has 0 saturated heterocycles. The zero-order chi connectivity index (χ0) is 23.3. The number of hydrogen-bond acceptors (Lipinski definition) is 3. The van der Waals surface area contributed by atoms with Crippen LogP contribution in [0, 0.1) is 6.92 Å². The van der Waals surface area contributed by atoms with E-state index >= 15 is 0 Å². The van der Waals surface area contributed by atoms with E-state index < -0.39 is 15.9 Å². The Morgan fingerprint density at radius 3 is 2.21 bits per heavy atom. The number of sulfonamides is 1. The Balaban J connectivity index is 1.55. The Morgan fingerprint density at radius 2 is 1.52 bits per heavy atom. The molecule has 7 heteroatoms. The fraction of sp³-hybridized carbons (Fsp3) is 0.0769. The van der Waals surface area contributed by atoms with Gasteiger partial charge < -0.3 is 4.57 Å². The summed E-state index contributed by atoms with van der Waals surface area (Å²) in [4.78, 5) is 17.1. The highest BCUT2D eigenvalue weighted by atomic mass is 32.2. The van der Waals surface area contributed by atoms with Crippen molar-refractivity contribution < 1.29 is 13.2 Å². The molecule has 0 bridgehead atoms. The minimum atomic E-state index is -3.76. The monoisotopic (exact) mass is 457 g/mol. The standard InChI is InChI=1S/C26H23N3O3S/c1-20-10-12-21(13-11-20)19-29-18-6-5-9-25(29)27-26(30)22-14-16-24(17-15-22)33(31,32)28-23-7-3-2-4-8-23/h2-18,28H,19H2,1H3. The van der Waals surface area contributed by atoms with E-state index in [4.69, 9.17) is 0 Å². The van der Waals surface area contributed by atoms with Gasteiger partial charge in [-0.1, -0.05) is 54.1 Å². The number of nitrogens with one attached hydrogen (secondary N) is 1. The van der Waals surface area contributed by atoms with Crippen LogP contribution < -0.4 is 10.2 Å². The highest BCUT2D eigenvalue weighted by Gasteiger charge is 2.15. The number of rotatable bonds is 6. The van der Waals surface area contributed by atoms with Gasteiger partial charge in [-0.2, -0.15) is 4.99 Å². The lowest BCUT2D eigenvalue weighted by Gasteiger charge is -2.09. The van der Waals surface area contributed by atoms with Gasteiger partial charge >= 0.3 is 0 Å². The number of carbonyl (C=O) groups is 1. The number of nitrogens with zero attached hydrogens (tertiary/aromatic N) is 2. The summed E-state index contributed by atoms with van der Waals surface area (Å²) in [7, 11) is -3.76. The van der Waals surface area contributed by atoms with Crippen LogP contribution in [0.3, 0.4) is 0 Å². The quantitative estimate of drug-likeness (QED) is 0.466. The van der Waals surface area contributed by atoms with Crippen LogP contribution in [0.25, 0.3) is 0 Å². The summed E-state index contributed by atoms with van der Waals surface area (Å²) in [6, 6.07) is 28.0. The molecule has 0 saturated carbocycles. The highest BCUT2D eigenvalue weighted by Crippen LogP contribution is 2.16. The van der Waals surface area contributed by atoms with Gasteiger partial charge in [0.1, 0.15) is 5.49 Å². The van der Waals surface area contributed by atoms with Gasteiger partial charge in [-0.05, 0) is 61.0 Å². The van der Waals surface area contributed by atoms with Gasteiger partial charge in [0.15, 0.2) is 0 Å². The van der Waals surface area contributed by atoms with E-state index in [1.54, 1.807) is 36.4 Å². The van der Waals surface area contributed by atoms with Gasteiger partial charge in [0, 0.05) is 24.0 Å². The second-order valence-electron chi connectivity index (χ2n) is 7.59. The van der Waals surface area contributed by atoms with E-state index in [-0.39, 0.29) is 4.90 Å². The van der Waals surface area contributed by atoms with Crippen LogP contribution in [0.5, 0.6) is 0 Å². The van der Waals surface area contributed by atoms with Gasteiger partial charge in [-0.3, -0.25) is 9.52 Å². The van der Waals surface area contributed by atoms with Gasteiger partial charge in [0.05, 0.1) is 4.90 Å². The molecule has 0 atom stereocenters. The Morgan fingerprint density at radius 1 is 0.848 bits per heavy atom. The number of carbonyl (C=O) groups excluding carboxylic acids is 1. The molecule has 0 aliphatic carbocycles. The van der Waals surface area contributed by atoms with E-state index in [2.05, 4.69) is 9.71 Å². The molecule has 6 nitrogen and oxygen atoms in total. The smallest absolute Gasteiger partial charge is 0.278 e. The van der Waals surface area contributed by atoms with Gasteiger partial charge in [0.2, 0.25) is 0 Å². The normalized spacial score (nSPS) is 11.8. The van der Waals surface area contributed by atoms with E-state index in [0.717, 1.165) is 5.56 Å². The van der Waals surface area contributed by atoms with Crippen molar-refractivity contribution in [2.45, 2.75) is 18.4 Å². The second-order valence-corrected chi connectivity index (χ2v) is 9.27. The molecule has 1 amide bonds. The number of hydrogen-bond donors (Lipinski definition) is 1. The van der Waals surface area contributed by atoms with Crippen LogP contribution in [0.15, 0.2) is 113 Å². The van der Waals surface area contributed by atoms with Crippen molar-refractivity contribution in [2.24, 2.45) is 4.99 Å². The average molecular weight is 458 g/mol. The number of anilines is 1. The SMILES string of the molecule is Cc1ccc(Cn2ccccc2=NC(=O)c2ccc(S(=O)(=O)Nc3ccccc3)cc2)cc1. The third-order valence-corrected chi connectivity index (χ3v) is 6.44. The molecule has 0 unspecified atom stereocenters. The van der Waals surface area contributed by atoms with Crippen molar-refractivity contribution in [3.05, 3.63) is 125 Å². The fourth-order valence-corrected chi connectivity index (χ4v) is 4.32. The number of pyridine rings is 1. The molecule has 0 aliphatic heterocycles. The fourth-order valence-electron chi connectivity index (χ4n) is 3.26. The number of amides is 1. The maximum Gasteiger partial charge on any atom is 0.278 e. The predicted molar refractivity (Wildman–Crippen MR) is 128 cm³/mol. The van der Waals surface area contributed by atoms with Crippen molar-refractivity contribution in [2.75, 3.05) is 4.72 Å². The lowest BCUT2D eigenvalue weighted by Crippen LogP contribution is -2.22. The summed E-state index contributed by atoms with van der Waals surface area (Å²) in [6.07, 6.45) is 1.87. The lowest BCUT2D eigenvalue weighted by atomic mass is 10.1. The third kappa shape index (κ3) is 5.64. The van der Waals surface area contributed by atoms with Crippen molar-refractivity contribution in [3.63, 3.8) is 0 Å². The molecule has 0 radical (unpaired) electrons. The summed E-state index contributed by atoms with van der Waals surface area (Å²) < 4.78 is 29.6. The molecule has 33 heavy (non-hydrogen) atoms. The first-order valence-electron chi connectivity index (χ1n) is 10.4. The molecule has 1 heterocycles. The first kappa shape index (κ1) is 22.2. The highest BCUT2D eigenvalue weighted by molar-refractivity contribution is 7.92. The minimum absolute atomic E-state index is 0.0667. The second kappa shape index (κ2) is 9.67. The summed E-state index contributed by atoms with van der Waals surface area (Å²) in [5.41, 5.74) is 3.57. The Labute approximate surface area is 192 Å². The van der Waals surface area contributed by atoms with Crippen molar-refractivity contribution in [3.8, 4) is 0 Å². The van der Waals surface area contributed by atoms with Crippen LogP contribution in [0.2, 0.25) is 0 Å². The molecule has 1 N–H and O–H groups in total. The molecule has 0 spiro atoms. The van der Waals surface area contributed by atoms with E-state index in [1.807, 2.05) is 54.1 Å². The topological polar surface area (TPSA) is 80.5 Å². The lowest BCUT2D eigenvalue weighted by molar-refractivity contribution is 0.0997. The van der Waals surface area contributed by atoms with E-state index in [9.17, 15) is 13.2 Å². The molecule has 1 aromatic heterocycles. The Bertz CT molecular complexity index is 1420. The van der Waals surface area contributed by atoms with Crippen LogP contribution >= 0.6 is 0 Å². The van der Waals surface area contributed by atoms with Gasteiger partial charge in [-0.25, -0.2) is 8.42 Å². The van der Waals surface area contributed by atoms with Gasteiger partial charge in [-0.15, -0.1) is 0 Å². The largest absolute Gasteiger partial charge is 0.328 e. The third-order valence-electron chi connectivity index (χ3n) is 5.04. The summed E-state index contributed by atoms with van der Waals surface area (Å²) in [5, 5.41) is 0. The number of para-hydroxylation sites is 1. The molecule has 4 rings (SSSR count). The minimum Gasteiger partial charge on any atom is -0.328 e. The first-order valence-corrected chi connectivity index (χ1v) is 11.9. The van der Waals surface area contributed by atoms with Crippen molar-refractivity contribution in [1.29, 1.82) is 0 Å². The maximum atomic E-state index is 12.8. The molecule has 0 fully saturated rings. The number of benzene rings is 3. The van der Waals surface area contributed by atoms with Gasteiger partial charge in [0.25, 0.3) is 15.9 Å². The predicted octanol–water partition coefficient (Wildman–Crippen LogP) is 4.39.